The molecule has 0 bridgehead atoms. The maximum atomic E-state index is 13.5. The summed E-state index contributed by atoms with van der Waals surface area (Å²) in [5.41, 5.74) is 3.98. The first-order valence-corrected chi connectivity index (χ1v) is 10.8. The van der Waals surface area contributed by atoms with Crippen molar-refractivity contribution in [2.45, 2.75) is 32.1 Å². The van der Waals surface area contributed by atoms with E-state index in [1.807, 2.05) is 25.1 Å². The van der Waals surface area contributed by atoms with Crippen LogP contribution in [0.5, 0.6) is 5.75 Å². The van der Waals surface area contributed by atoms with E-state index in [2.05, 4.69) is 10.6 Å². The van der Waals surface area contributed by atoms with Gasteiger partial charge in [0.25, 0.3) is 5.91 Å². The van der Waals surface area contributed by atoms with Gasteiger partial charge in [-0.15, -0.1) is 0 Å². The zero-order valence-electron chi connectivity index (χ0n) is 17.2. The molecule has 1 aliphatic heterocycles. The monoisotopic (exact) mass is 456 g/mol. The summed E-state index contributed by atoms with van der Waals surface area (Å²) in [7, 11) is 1.55. The fraction of sp³-hybridized carbons (Fsp3) is 0.250. The minimum absolute atomic E-state index is 0.0416. The van der Waals surface area contributed by atoms with E-state index < -0.39 is 5.92 Å². The zero-order chi connectivity index (χ0) is 22.1. The Morgan fingerprint density at radius 2 is 1.90 bits per heavy atom. The van der Waals surface area contributed by atoms with Gasteiger partial charge < -0.3 is 15.4 Å². The average Bonchev–Trinajstić information content (AvgIpc) is 2.75. The van der Waals surface area contributed by atoms with Gasteiger partial charge in [-0.05, 0) is 49.6 Å². The number of nitrogens with one attached hydrogen (secondary N) is 2. The average molecular weight is 457 g/mol. The molecule has 0 aromatic heterocycles. The van der Waals surface area contributed by atoms with E-state index in [1.165, 1.54) is 0 Å². The molecule has 31 heavy (non-hydrogen) atoms. The number of rotatable bonds is 4. The lowest BCUT2D eigenvalue weighted by Crippen LogP contribution is -2.35. The quantitative estimate of drug-likeness (QED) is 0.627. The number of benzene rings is 2. The van der Waals surface area contributed by atoms with Crippen molar-refractivity contribution >= 4 is 40.6 Å². The van der Waals surface area contributed by atoms with Gasteiger partial charge in [0.05, 0.1) is 22.8 Å². The van der Waals surface area contributed by atoms with Crippen molar-refractivity contribution in [1.82, 2.24) is 5.32 Å². The van der Waals surface area contributed by atoms with Crippen LogP contribution in [-0.2, 0) is 9.59 Å². The van der Waals surface area contributed by atoms with Gasteiger partial charge in [0, 0.05) is 34.9 Å². The molecule has 2 aliphatic rings. The molecule has 7 heteroatoms. The van der Waals surface area contributed by atoms with Crippen LogP contribution in [0.4, 0.5) is 5.69 Å². The third-order valence-corrected chi connectivity index (χ3v) is 6.39. The van der Waals surface area contributed by atoms with E-state index in [-0.39, 0.29) is 11.7 Å². The first kappa shape index (κ1) is 21.5. The number of anilines is 1. The van der Waals surface area contributed by atoms with Crippen molar-refractivity contribution in [3.63, 3.8) is 0 Å². The predicted molar refractivity (Wildman–Crippen MR) is 123 cm³/mol. The Kier molecular flexibility index (Phi) is 6.08. The van der Waals surface area contributed by atoms with Gasteiger partial charge in [-0.2, -0.15) is 0 Å². The highest BCUT2D eigenvalue weighted by Crippen LogP contribution is 2.43. The molecule has 2 N–H and O–H groups in total. The third-order valence-electron chi connectivity index (χ3n) is 5.65. The van der Waals surface area contributed by atoms with Crippen molar-refractivity contribution in [2.75, 3.05) is 12.4 Å². The lowest BCUT2D eigenvalue weighted by atomic mass is 9.75. The summed E-state index contributed by atoms with van der Waals surface area (Å²) in [6.07, 6.45) is 2.01. The van der Waals surface area contributed by atoms with Crippen molar-refractivity contribution in [1.29, 1.82) is 0 Å². The van der Waals surface area contributed by atoms with Crippen LogP contribution in [0.3, 0.4) is 0 Å². The van der Waals surface area contributed by atoms with Crippen LogP contribution in [0.2, 0.25) is 10.0 Å². The van der Waals surface area contributed by atoms with E-state index in [9.17, 15) is 9.59 Å². The number of para-hydroxylation sites is 2. The Morgan fingerprint density at radius 3 is 2.65 bits per heavy atom. The van der Waals surface area contributed by atoms with E-state index in [0.29, 0.717) is 44.7 Å². The molecule has 1 unspecified atom stereocenters. The lowest BCUT2D eigenvalue weighted by Gasteiger charge is -2.34. The largest absolute Gasteiger partial charge is 0.495 e. The van der Waals surface area contributed by atoms with Crippen LogP contribution in [0.1, 0.15) is 37.7 Å². The number of Topliss-reactive ketones (excluding diaryl/α,β-unsaturated/α-hetero) is 1. The number of carbonyl (C=O) groups is 2. The normalized spacial score (nSPS) is 18.5. The second-order valence-electron chi connectivity index (χ2n) is 7.59. The second kappa shape index (κ2) is 8.77. The van der Waals surface area contributed by atoms with E-state index in [4.69, 9.17) is 27.9 Å². The summed E-state index contributed by atoms with van der Waals surface area (Å²) in [5, 5.41) is 7.05. The summed E-state index contributed by atoms with van der Waals surface area (Å²) >= 11 is 12.4. The van der Waals surface area contributed by atoms with E-state index in [1.54, 1.807) is 31.4 Å². The smallest absolute Gasteiger partial charge is 0.254 e. The molecular weight excluding hydrogens is 435 g/mol. The van der Waals surface area contributed by atoms with Crippen LogP contribution in [0, 0.1) is 0 Å². The second-order valence-corrected chi connectivity index (χ2v) is 8.41. The maximum absolute atomic E-state index is 13.5. The summed E-state index contributed by atoms with van der Waals surface area (Å²) in [5.74, 6) is -0.249. The van der Waals surface area contributed by atoms with Crippen LogP contribution in [0.15, 0.2) is 65.0 Å². The summed E-state index contributed by atoms with van der Waals surface area (Å²) in [6, 6.07) is 12.4. The molecule has 4 rings (SSSR count). The van der Waals surface area contributed by atoms with E-state index in [0.717, 1.165) is 24.1 Å². The van der Waals surface area contributed by atoms with Crippen LogP contribution in [-0.4, -0.2) is 18.8 Å². The van der Waals surface area contributed by atoms with Gasteiger partial charge in [0.15, 0.2) is 5.78 Å². The molecule has 2 aromatic rings. The number of dihydropyridines is 1. The van der Waals surface area contributed by atoms with Gasteiger partial charge in [-0.1, -0.05) is 41.4 Å². The predicted octanol–water partition coefficient (Wildman–Crippen LogP) is 5.61. The topological polar surface area (TPSA) is 67.4 Å². The molecule has 0 radical (unpaired) electrons. The SMILES string of the molecule is COc1ccccc1NC(=O)C1=C(C)NC2=C(C(=O)CCC2)C1c1ccc(Cl)c(Cl)c1. The van der Waals surface area contributed by atoms with Crippen LogP contribution >= 0.6 is 23.2 Å². The molecule has 1 aliphatic carbocycles. The fourth-order valence-electron chi connectivity index (χ4n) is 4.25. The molecule has 0 saturated heterocycles. The molecular formula is C24H22Cl2N2O3. The van der Waals surface area contributed by atoms with Crippen molar-refractivity contribution in [3.05, 3.63) is 80.6 Å². The first-order chi connectivity index (χ1) is 14.9. The zero-order valence-corrected chi connectivity index (χ0v) is 18.7. The van der Waals surface area contributed by atoms with Crippen LogP contribution < -0.4 is 15.4 Å². The number of methoxy groups -OCH3 is 1. The molecule has 1 amide bonds. The standard InChI is InChI=1S/C24H22Cl2N2O3/c1-13-21(24(30)28-17-6-3-4-9-20(17)31-2)22(14-10-11-15(25)16(26)12-14)23-18(27-13)7-5-8-19(23)29/h3-4,6,9-12,22,27H,5,7-8H2,1-2H3,(H,28,30). The number of ether oxygens (including phenoxy) is 1. The van der Waals surface area contributed by atoms with Crippen molar-refractivity contribution in [2.24, 2.45) is 0 Å². The minimum Gasteiger partial charge on any atom is -0.495 e. The van der Waals surface area contributed by atoms with Crippen molar-refractivity contribution in [3.8, 4) is 5.75 Å². The Bertz CT molecular complexity index is 1140. The van der Waals surface area contributed by atoms with Gasteiger partial charge in [-0.25, -0.2) is 0 Å². The van der Waals surface area contributed by atoms with Gasteiger partial charge >= 0.3 is 0 Å². The number of amides is 1. The maximum Gasteiger partial charge on any atom is 0.254 e. The molecule has 1 atom stereocenters. The lowest BCUT2D eigenvalue weighted by molar-refractivity contribution is -0.116. The Morgan fingerprint density at radius 1 is 1.13 bits per heavy atom. The number of carbonyl (C=O) groups excluding carboxylic acids is 2. The Hall–Kier alpha value is -2.76. The Labute approximate surface area is 191 Å². The number of halogens is 2. The molecule has 0 fully saturated rings. The summed E-state index contributed by atoms with van der Waals surface area (Å²) in [6.45, 7) is 1.85. The highest BCUT2D eigenvalue weighted by Gasteiger charge is 2.38. The third kappa shape index (κ3) is 4.08. The molecule has 2 aromatic carbocycles. The molecule has 5 nitrogen and oxygen atoms in total. The highest BCUT2D eigenvalue weighted by molar-refractivity contribution is 6.42. The number of ketones is 1. The van der Waals surface area contributed by atoms with Gasteiger partial charge in [0.2, 0.25) is 0 Å². The van der Waals surface area contributed by atoms with Gasteiger partial charge in [0.1, 0.15) is 5.75 Å². The fourth-order valence-corrected chi connectivity index (χ4v) is 4.55. The first-order valence-electron chi connectivity index (χ1n) is 10.0. The Balaban J connectivity index is 1.81. The van der Waals surface area contributed by atoms with Crippen LogP contribution in [0.25, 0.3) is 0 Å². The molecule has 0 spiro atoms. The summed E-state index contributed by atoms with van der Waals surface area (Å²) in [4.78, 5) is 26.5. The summed E-state index contributed by atoms with van der Waals surface area (Å²) < 4.78 is 5.36. The molecule has 160 valence electrons. The molecule has 1 heterocycles. The molecule has 0 saturated carbocycles. The number of hydrogen-bond acceptors (Lipinski definition) is 4. The number of allylic oxidation sites excluding steroid dienone is 3. The van der Waals surface area contributed by atoms with E-state index >= 15 is 0 Å². The minimum atomic E-state index is -0.534. The highest BCUT2D eigenvalue weighted by atomic mass is 35.5. The van der Waals surface area contributed by atoms with Crippen molar-refractivity contribution < 1.29 is 14.3 Å². The van der Waals surface area contributed by atoms with Gasteiger partial charge in [-0.3, -0.25) is 9.59 Å². The number of hydrogen-bond donors (Lipinski definition) is 2.